The van der Waals surface area contributed by atoms with Crippen LogP contribution in [0.15, 0.2) is 6.07 Å². The number of ether oxygens (including phenoxy) is 1. The first-order valence-corrected chi connectivity index (χ1v) is 5.11. The summed E-state index contributed by atoms with van der Waals surface area (Å²) in [5.41, 5.74) is 0.762. The van der Waals surface area contributed by atoms with Crippen molar-refractivity contribution < 1.29 is 9.53 Å². The van der Waals surface area contributed by atoms with Crippen LogP contribution in [0.25, 0.3) is 0 Å². The van der Waals surface area contributed by atoms with Crippen molar-refractivity contribution in [2.24, 2.45) is 0 Å². The van der Waals surface area contributed by atoms with Crippen molar-refractivity contribution in [1.29, 1.82) is 5.26 Å². The molecule has 0 aliphatic rings. The molecular weight excluding hydrogens is 228 g/mol. The number of esters is 1. The van der Waals surface area contributed by atoms with Gasteiger partial charge >= 0.3 is 5.97 Å². The average molecular weight is 239 g/mol. The summed E-state index contributed by atoms with van der Waals surface area (Å²) in [5.74, 6) is -0.548. The fraction of sp³-hybridized carbons (Fsp3) is 0.364. The zero-order chi connectivity index (χ0) is 12.3. The monoisotopic (exact) mass is 238 g/mol. The maximum absolute atomic E-state index is 11.7. The second kappa shape index (κ2) is 4.95. The highest BCUT2D eigenvalue weighted by atomic mass is 35.5. The van der Waals surface area contributed by atoms with E-state index in [1.165, 1.54) is 6.07 Å². The second-order valence-corrected chi connectivity index (χ2v) is 3.91. The van der Waals surface area contributed by atoms with Gasteiger partial charge in [0.25, 0.3) is 0 Å². The molecule has 0 aliphatic heterocycles. The van der Waals surface area contributed by atoms with Gasteiger partial charge in [-0.15, -0.1) is 0 Å². The Kier molecular flexibility index (Phi) is 3.86. The highest BCUT2D eigenvalue weighted by molar-refractivity contribution is 6.29. The van der Waals surface area contributed by atoms with Crippen LogP contribution in [0.5, 0.6) is 0 Å². The van der Waals surface area contributed by atoms with Crippen molar-refractivity contribution in [3.05, 3.63) is 28.0 Å². The van der Waals surface area contributed by atoms with Crippen LogP contribution in [0.3, 0.4) is 0 Å². The fourth-order valence-corrected chi connectivity index (χ4v) is 1.49. The van der Waals surface area contributed by atoms with Crippen LogP contribution in [0.1, 0.15) is 35.5 Å². The number of pyridine rings is 1. The van der Waals surface area contributed by atoms with Gasteiger partial charge in [0.15, 0.2) is 0 Å². The molecule has 0 radical (unpaired) electrons. The minimum atomic E-state index is -0.548. The summed E-state index contributed by atoms with van der Waals surface area (Å²) in [7, 11) is 0. The van der Waals surface area contributed by atoms with Gasteiger partial charge < -0.3 is 4.74 Å². The lowest BCUT2D eigenvalue weighted by atomic mass is 10.1. The van der Waals surface area contributed by atoms with E-state index in [9.17, 15) is 4.79 Å². The van der Waals surface area contributed by atoms with E-state index in [1.807, 2.05) is 6.07 Å². The Hall–Kier alpha value is -1.60. The lowest BCUT2D eigenvalue weighted by Gasteiger charge is -2.10. The van der Waals surface area contributed by atoms with E-state index in [4.69, 9.17) is 21.6 Å². The largest absolute Gasteiger partial charge is 0.459 e. The number of hydrogen-bond acceptors (Lipinski definition) is 4. The SMILES string of the molecule is Cc1nc(Cl)cc(C#N)c1C(=O)OC(C)C. The van der Waals surface area contributed by atoms with E-state index < -0.39 is 5.97 Å². The van der Waals surface area contributed by atoms with Gasteiger partial charge in [-0.1, -0.05) is 11.6 Å². The highest BCUT2D eigenvalue weighted by Crippen LogP contribution is 2.18. The molecule has 0 atom stereocenters. The number of rotatable bonds is 2. The van der Waals surface area contributed by atoms with E-state index in [0.717, 1.165) is 0 Å². The first-order chi connectivity index (χ1) is 7.45. The maximum atomic E-state index is 11.7. The summed E-state index contributed by atoms with van der Waals surface area (Å²) in [4.78, 5) is 15.6. The molecular formula is C11H11ClN2O2. The average Bonchev–Trinajstić information content (AvgIpc) is 2.14. The number of nitrogens with zero attached hydrogens (tertiary/aromatic N) is 2. The van der Waals surface area contributed by atoms with Crippen LogP contribution in [0.2, 0.25) is 5.15 Å². The van der Waals surface area contributed by atoms with Gasteiger partial charge in [0.1, 0.15) is 11.2 Å². The number of carbonyl (C=O) groups is 1. The molecule has 84 valence electrons. The Morgan fingerprint density at radius 2 is 2.25 bits per heavy atom. The van der Waals surface area contributed by atoms with Gasteiger partial charge in [-0.2, -0.15) is 5.26 Å². The molecule has 0 fully saturated rings. The van der Waals surface area contributed by atoms with Crippen molar-refractivity contribution in [2.75, 3.05) is 0 Å². The molecule has 1 heterocycles. The van der Waals surface area contributed by atoms with E-state index in [2.05, 4.69) is 4.98 Å². The topological polar surface area (TPSA) is 63.0 Å². The van der Waals surface area contributed by atoms with Gasteiger partial charge in [-0.25, -0.2) is 9.78 Å². The second-order valence-electron chi connectivity index (χ2n) is 3.52. The molecule has 0 saturated heterocycles. The first kappa shape index (κ1) is 12.5. The Balaban J connectivity index is 3.23. The predicted octanol–water partition coefficient (Wildman–Crippen LogP) is 2.48. The number of hydrogen-bond donors (Lipinski definition) is 0. The van der Waals surface area contributed by atoms with Gasteiger partial charge in [0.2, 0.25) is 0 Å². The molecule has 4 nitrogen and oxygen atoms in total. The van der Waals surface area contributed by atoms with E-state index in [-0.39, 0.29) is 22.4 Å². The lowest BCUT2D eigenvalue weighted by Crippen LogP contribution is -2.15. The van der Waals surface area contributed by atoms with Gasteiger partial charge in [0.05, 0.1) is 22.9 Å². The Labute approximate surface area is 98.8 Å². The van der Waals surface area contributed by atoms with Crippen molar-refractivity contribution in [2.45, 2.75) is 26.9 Å². The van der Waals surface area contributed by atoms with Crippen LogP contribution in [0.4, 0.5) is 0 Å². The molecule has 1 rings (SSSR count). The summed E-state index contributed by atoms with van der Waals surface area (Å²) in [5, 5.41) is 9.10. The molecule has 0 spiro atoms. The molecule has 0 bridgehead atoms. The summed E-state index contributed by atoms with van der Waals surface area (Å²) in [6.07, 6.45) is -0.242. The fourth-order valence-electron chi connectivity index (χ4n) is 1.25. The van der Waals surface area contributed by atoms with Gasteiger partial charge in [-0.3, -0.25) is 0 Å². The molecule has 1 aromatic heterocycles. The Morgan fingerprint density at radius 3 is 2.75 bits per heavy atom. The molecule has 0 amide bonds. The number of nitriles is 1. The number of aryl methyl sites for hydroxylation is 1. The molecule has 0 saturated carbocycles. The lowest BCUT2D eigenvalue weighted by molar-refractivity contribution is 0.0376. The van der Waals surface area contributed by atoms with Crippen molar-refractivity contribution in [3.63, 3.8) is 0 Å². The third-order valence-corrected chi connectivity index (χ3v) is 2.03. The van der Waals surface area contributed by atoms with Gasteiger partial charge in [0, 0.05) is 0 Å². The minimum absolute atomic E-state index is 0.181. The first-order valence-electron chi connectivity index (χ1n) is 4.74. The molecule has 16 heavy (non-hydrogen) atoms. The van der Waals surface area contributed by atoms with Crippen LogP contribution in [-0.2, 0) is 4.74 Å². The molecule has 0 aliphatic carbocycles. The number of carbonyl (C=O) groups excluding carboxylic acids is 1. The third kappa shape index (κ3) is 2.71. The Bertz CT molecular complexity index is 464. The van der Waals surface area contributed by atoms with E-state index >= 15 is 0 Å². The Morgan fingerprint density at radius 1 is 1.62 bits per heavy atom. The van der Waals surface area contributed by atoms with E-state index in [1.54, 1.807) is 20.8 Å². The zero-order valence-electron chi connectivity index (χ0n) is 9.24. The summed E-state index contributed by atoms with van der Waals surface area (Å²) >= 11 is 5.70. The molecule has 0 N–H and O–H groups in total. The molecule has 5 heteroatoms. The normalized spacial score (nSPS) is 10.0. The van der Waals surface area contributed by atoms with Gasteiger partial charge in [-0.05, 0) is 26.8 Å². The van der Waals surface area contributed by atoms with Crippen molar-refractivity contribution in [1.82, 2.24) is 4.98 Å². The van der Waals surface area contributed by atoms with Crippen LogP contribution in [0, 0.1) is 18.3 Å². The smallest absolute Gasteiger partial charge is 0.341 e. The van der Waals surface area contributed by atoms with Crippen LogP contribution < -0.4 is 0 Å². The highest BCUT2D eigenvalue weighted by Gasteiger charge is 2.19. The quantitative estimate of drug-likeness (QED) is 0.587. The predicted molar refractivity (Wildman–Crippen MR) is 59.3 cm³/mol. The number of aromatic nitrogens is 1. The summed E-state index contributed by atoms with van der Waals surface area (Å²) in [6, 6.07) is 3.26. The number of halogens is 1. The molecule has 1 aromatic rings. The standard InChI is InChI=1S/C11H11ClN2O2/c1-6(2)16-11(15)10-7(3)14-9(12)4-8(10)5-13/h4,6H,1-3H3. The summed E-state index contributed by atoms with van der Waals surface area (Å²) in [6.45, 7) is 5.09. The molecule has 0 aromatic carbocycles. The van der Waals surface area contributed by atoms with Crippen LogP contribution in [-0.4, -0.2) is 17.1 Å². The minimum Gasteiger partial charge on any atom is -0.459 e. The van der Waals surface area contributed by atoms with Crippen molar-refractivity contribution in [3.8, 4) is 6.07 Å². The zero-order valence-corrected chi connectivity index (χ0v) is 10.00. The van der Waals surface area contributed by atoms with E-state index in [0.29, 0.717) is 5.69 Å². The van der Waals surface area contributed by atoms with Crippen LogP contribution >= 0.6 is 11.6 Å². The van der Waals surface area contributed by atoms with Crippen molar-refractivity contribution >= 4 is 17.6 Å². The third-order valence-electron chi connectivity index (χ3n) is 1.84. The molecule has 0 unspecified atom stereocenters. The maximum Gasteiger partial charge on any atom is 0.341 e. The summed E-state index contributed by atoms with van der Waals surface area (Å²) < 4.78 is 5.03.